The Morgan fingerprint density at radius 2 is 2.32 bits per heavy atom. The van der Waals surface area contributed by atoms with Gasteiger partial charge in [0.1, 0.15) is 6.26 Å². The lowest BCUT2D eigenvalue weighted by molar-refractivity contribution is 0.254. The fourth-order valence-corrected chi connectivity index (χ4v) is 3.26. The fourth-order valence-electron chi connectivity index (χ4n) is 3.26. The summed E-state index contributed by atoms with van der Waals surface area (Å²) in [5.41, 5.74) is 0.822. The number of furan rings is 1. The number of aromatic nitrogens is 4. The van der Waals surface area contributed by atoms with Crippen molar-refractivity contribution in [3.05, 3.63) is 42.8 Å². The molecule has 4 heterocycles. The highest BCUT2D eigenvalue weighted by Crippen LogP contribution is 2.24. The molecule has 1 aliphatic rings. The van der Waals surface area contributed by atoms with Crippen LogP contribution in [0.15, 0.2) is 45.9 Å². The molecule has 1 aliphatic heterocycles. The molecule has 8 heteroatoms. The van der Waals surface area contributed by atoms with Gasteiger partial charge in [-0.3, -0.25) is 4.90 Å². The van der Waals surface area contributed by atoms with Crippen LogP contribution in [0.25, 0.3) is 11.4 Å². The van der Waals surface area contributed by atoms with E-state index in [9.17, 15) is 0 Å². The van der Waals surface area contributed by atoms with Gasteiger partial charge in [-0.1, -0.05) is 5.16 Å². The van der Waals surface area contributed by atoms with Crippen molar-refractivity contribution in [1.29, 1.82) is 0 Å². The van der Waals surface area contributed by atoms with Crippen LogP contribution in [0.4, 0.5) is 5.82 Å². The van der Waals surface area contributed by atoms with Gasteiger partial charge in [-0.2, -0.15) is 10.1 Å². The van der Waals surface area contributed by atoms with E-state index in [4.69, 9.17) is 8.94 Å². The van der Waals surface area contributed by atoms with Crippen LogP contribution in [-0.4, -0.2) is 51.4 Å². The normalized spacial score (nSPS) is 17.5. The molecule has 3 aromatic rings. The van der Waals surface area contributed by atoms with Crippen LogP contribution in [0.3, 0.4) is 0 Å². The maximum Gasteiger partial charge on any atom is 0.241 e. The Morgan fingerprint density at radius 1 is 1.36 bits per heavy atom. The van der Waals surface area contributed by atoms with Gasteiger partial charge in [-0.05, 0) is 38.1 Å². The van der Waals surface area contributed by atoms with E-state index in [1.807, 2.05) is 18.2 Å². The van der Waals surface area contributed by atoms with Gasteiger partial charge in [0, 0.05) is 25.3 Å². The van der Waals surface area contributed by atoms with Crippen LogP contribution in [0.1, 0.15) is 18.7 Å². The summed E-state index contributed by atoms with van der Waals surface area (Å²) in [5, 5.41) is 12.2. The Balaban J connectivity index is 1.38. The smallest absolute Gasteiger partial charge is 0.241 e. The molecule has 0 aliphatic carbocycles. The minimum absolute atomic E-state index is 0.415. The third-order valence-corrected chi connectivity index (χ3v) is 4.40. The first kappa shape index (κ1) is 15.8. The molecule has 0 spiro atoms. The lowest BCUT2D eigenvalue weighted by atomic mass is 10.2. The zero-order valence-corrected chi connectivity index (χ0v) is 14.1. The van der Waals surface area contributed by atoms with Crippen molar-refractivity contribution >= 4 is 5.82 Å². The highest BCUT2D eigenvalue weighted by molar-refractivity contribution is 5.51. The average molecular weight is 340 g/mol. The maximum absolute atomic E-state index is 5.35. The topological polar surface area (TPSA) is 84.3 Å². The predicted octanol–water partition coefficient (Wildman–Crippen LogP) is 2.22. The number of hydrogen-bond donors (Lipinski definition) is 0. The molecule has 1 unspecified atom stereocenters. The molecule has 0 bridgehead atoms. The van der Waals surface area contributed by atoms with Gasteiger partial charge in [0.15, 0.2) is 5.82 Å². The van der Waals surface area contributed by atoms with E-state index in [1.165, 1.54) is 6.42 Å². The molecule has 8 nitrogen and oxygen atoms in total. The largest absolute Gasteiger partial charge is 0.472 e. The number of rotatable bonds is 6. The third kappa shape index (κ3) is 3.53. The quantitative estimate of drug-likeness (QED) is 0.675. The molecule has 25 heavy (non-hydrogen) atoms. The van der Waals surface area contributed by atoms with Gasteiger partial charge in [0.25, 0.3) is 0 Å². The SMILES string of the molecule is CN(Cc1nc(-c2ccoc2)no1)CC1CCCN1c1cccnn1. The van der Waals surface area contributed by atoms with Crippen molar-refractivity contribution < 1.29 is 8.94 Å². The van der Waals surface area contributed by atoms with Gasteiger partial charge < -0.3 is 13.8 Å². The Morgan fingerprint density at radius 3 is 3.12 bits per heavy atom. The van der Waals surface area contributed by atoms with Crippen LogP contribution in [0.5, 0.6) is 0 Å². The Hall–Kier alpha value is -2.74. The summed E-state index contributed by atoms with van der Waals surface area (Å²) in [6.45, 7) is 2.53. The lowest BCUT2D eigenvalue weighted by Crippen LogP contribution is -2.39. The average Bonchev–Trinajstić information content (AvgIpc) is 3.37. The van der Waals surface area contributed by atoms with Crippen LogP contribution in [0.2, 0.25) is 0 Å². The minimum Gasteiger partial charge on any atom is -0.472 e. The van der Waals surface area contributed by atoms with Gasteiger partial charge in [-0.15, -0.1) is 5.10 Å². The number of anilines is 1. The summed E-state index contributed by atoms with van der Waals surface area (Å²) in [6, 6.07) is 6.17. The highest BCUT2D eigenvalue weighted by atomic mass is 16.5. The second kappa shape index (κ2) is 7.02. The summed E-state index contributed by atoms with van der Waals surface area (Å²) in [6.07, 6.45) is 7.22. The zero-order chi connectivity index (χ0) is 17.1. The third-order valence-electron chi connectivity index (χ3n) is 4.40. The molecule has 0 radical (unpaired) electrons. The van der Waals surface area contributed by atoms with E-state index >= 15 is 0 Å². The van der Waals surface area contributed by atoms with Crippen molar-refractivity contribution in [2.75, 3.05) is 25.0 Å². The van der Waals surface area contributed by atoms with Gasteiger partial charge in [0.05, 0.1) is 18.4 Å². The number of hydrogen-bond acceptors (Lipinski definition) is 8. The van der Waals surface area contributed by atoms with Crippen LogP contribution >= 0.6 is 0 Å². The summed E-state index contributed by atoms with van der Waals surface area (Å²) in [7, 11) is 2.06. The lowest BCUT2D eigenvalue weighted by Gasteiger charge is -2.28. The van der Waals surface area contributed by atoms with E-state index in [0.717, 1.165) is 30.9 Å². The van der Waals surface area contributed by atoms with Crippen LogP contribution in [0, 0.1) is 0 Å². The number of likely N-dealkylation sites (N-methyl/N-ethyl adjacent to an activating group) is 1. The molecule has 4 rings (SSSR count). The van der Waals surface area contributed by atoms with Crippen molar-refractivity contribution in [2.24, 2.45) is 0 Å². The van der Waals surface area contributed by atoms with Crippen molar-refractivity contribution in [3.63, 3.8) is 0 Å². The molecule has 3 aromatic heterocycles. The minimum atomic E-state index is 0.415. The molecule has 0 aromatic carbocycles. The van der Waals surface area contributed by atoms with E-state index in [0.29, 0.717) is 24.3 Å². The van der Waals surface area contributed by atoms with E-state index in [2.05, 4.69) is 37.2 Å². The summed E-state index contributed by atoms with van der Waals surface area (Å²) in [5.74, 6) is 2.10. The Bertz CT molecular complexity index is 789. The summed E-state index contributed by atoms with van der Waals surface area (Å²) < 4.78 is 10.4. The molecule has 130 valence electrons. The van der Waals surface area contributed by atoms with E-state index in [-0.39, 0.29) is 0 Å². The fraction of sp³-hybridized carbons (Fsp3) is 0.412. The molecular formula is C17H20N6O2. The van der Waals surface area contributed by atoms with Crippen LogP contribution in [-0.2, 0) is 6.54 Å². The second-order valence-corrected chi connectivity index (χ2v) is 6.29. The van der Waals surface area contributed by atoms with Gasteiger partial charge in [0.2, 0.25) is 11.7 Å². The number of nitrogens with zero attached hydrogens (tertiary/aromatic N) is 6. The predicted molar refractivity (Wildman–Crippen MR) is 90.7 cm³/mol. The molecular weight excluding hydrogens is 320 g/mol. The zero-order valence-electron chi connectivity index (χ0n) is 14.1. The first-order valence-corrected chi connectivity index (χ1v) is 8.37. The molecule has 0 N–H and O–H groups in total. The molecule has 1 fully saturated rings. The Kier molecular flexibility index (Phi) is 4.43. The Labute approximate surface area is 145 Å². The van der Waals surface area contributed by atoms with Crippen LogP contribution < -0.4 is 4.90 Å². The highest BCUT2D eigenvalue weighted by Gasteiger charge is 2.27. The molecule has 0 saturated carbocycles. The maximum atomic E-state index is 5.35. The second-order valence-electron chi connectivity index (χ2n) is 6.29. The molecule has 1 saturated heterocycles. The van der Waals surface area contributed by atoms with E-state index < -0.39 is 0 Å². The summed E-state index contributed by atoms with van der Waals surface area (Å²) in [4.78, 5) is 8.96. The first-order chi connectivity index (χ1) is 12.3. The first-order valence-electron chi connectivity index (χ1n) is 8.37. The standard InChI is InChI=1S/C17H20N6O2/c1-22(11-16-19-17(21-25-16)13-6-9-24-12-13)10-14-4-3-8-23(14)15-5-2-7-18-20-15/h2,5-7,9,12,14H,3-4,8,10-11H2,1H3. The van der Waals surface area contributed by atoms with Gasteiger partial charge >= 0.3 is 0 Å². The molecule has 1 atom stereocenters. The van der Waals surface area contributed by atoms with Crippen molar-refractivity contribution in [1.82, 2.24) is 25.2 Å². The van der Waals surface area contributed by atoms with Crippen molar-refractivity contribution in [2.45, 2.75) is 25.4 Å². The van der Waals surface area contributed by atoms with Gasteiger partial charge in [-0.25, -0.2) is 0 Å². The van der Waals surface area contributed by atoms with Crippen molar-refractivity contribution in [3.8, 4) is 11.4 Å². The molecule has 0 amide bonds. The van der Waals surface area contributed by atoms with E-state index in [1.54, 1.807) is 18.7 Å². The monoisotopic (exact) mass is 340 g/mol. The summed E-state index contributed by atoms with van der Waals surface area (Å²) >= 11 is 0.